The number of nitrogens with zero attached hydrogens (tertiary/aromatic N) is 1. The molecule has 0 bridgehead atoms. The summed E-state index contributed by atoms with van der Waals surface area (Å²) in [4.78, 5) is 14.0. The van der Waals surface area contributed by atoms with Crippen molar-refractivity contribution in [2.45, 2.75) is 0 Å². The zero-order valence-electron chi connectivity index (χ0n) is 11.7. The predicted octanol–water partition coefficient (Wildman–Crippen LogP) is 3.38. The third-order valence-corrected chi connectivity index (χ3v) is 3.25. The topological polar surface area (TPSA) is 58.4 Å². The molecule has 0 fully saturated rings. The van der Waals surface area contributed by atoms with Crippen LogP contribution in [0.3, 0.4) is 0 Å². The minimum Gasteiger partial charge on any atom is -0.398 e. The zero-order valence-corrected chi connectivity index (χ0v) is 12.4. The van der Waals surface area contributed by atoms with Crippen LogP contribution in [0.4, 0.5) is 21.5 Å². The molecule has 2 rings (SSSR count). The summed E-state index contributed by atoms with van der Waals surface area (Å²) in [6.07, 6.45) is 0. The van der Waals surface area contributed by atoms with Crippen molar-refractivity contribution in [1.82, 2.24) is 0 Å². The molecule has 2 aromatic rings. The van der Waals surface area contributed by atoms with Gasteiger partial charge in [0.05, 0.1) is 16.3 Å². The van der Waals surface area contributed by atoms with Crippen molar-refractivity contribution in [2.75, 3.05) is 30.0 Å². The van der Waals surface area contributed by atoms with Crippen LogP contribution in [0.5, 0.6) is 0 Å². The number of nitrogens with two attached hydrogens (primary N) is 1. The van der Waals surface area contributed by atoms with Crippen molar-refractivity contribution in [3.8, 4) is 0 Å². The molecule has 110 valence electrons. The van der Waals surface area contributed by atoms with Crippen molar-refractivity contribution in [3.63, 3.8) is 0 Å². The van der Waals surface area contributed by atoms with Crippen LogP contribution in [-0.4, -0.2) is 20.0 Å². The Morgan fingerprint density at radius 2 is 1.95 bits per heavy atom. The van der Waals surface area contributed by atoms with Gasteiger partial charge >= 0.3 is 0 Å². The first-order chi connectivity index (χ1) is 9.88. The highest BCUT2D eigenvalue weighted by Gasteiger charge is 2.12. The van der Waals surface area contributed by atoms with Gasteiger partial charge in [0.2, 0.25) is 0 Å². The van der Waals surface area contributed by atoms with Crippen LogP contribution in [0.2, 0.25) is 5.02 Å². The highest BCUT2D eigenvalue weighted by atomic mass is 35.5. The summed E-state index contributed by atoms with van der Waals surface area (Å²) in [5.74, 6) is -1.00. The number of rotatable bonds is 3. The van der Waals surface area contributed by atoms with Crippen molar-refractivity contribution >= 4 is 34.6 Å². The monoisotopic (exact) mass is 307 g/mol. The first kappa shape index (κ1) is 15.1. The molecule has 0 aliphatic heterocycles. The number of carbonyl (C=O) groups is 1. The van der Waals surface area contributed by atoms with Gasteiger partial charge in [-0.3, -0.25) is 4.79 Å². The van der Waals surface area contributed by atoms with Gasteiger partial charge in [0.15, 0.2) is 0 Å². The first-order valence-corrected chi connectivity index (χ1v) is 6.59. The lowest BCUT2D eigenvalue weighted by molar-refractivity contribution is 0.102. The van der Waals surface area contributed by atoms with Gasteiger partial charge < -0.3 is 16.0 Å². The second kappa shape index (κ2) is 6.01. The van der Waals surface area contributed by atoms with Crippen LogP contribution < -0.4 is 16.0 Å². The molecule has 0 saturated carbocycles. The summed E-state index contributed by atoms with van der Waals surface area (Å²) < 4.78 is 13.2. The minimum atomic E-state index is -0.518. The maximum Gasteiger partial charge on any atom is 0.257 e. The van der Waals surface area contributed by atoms with Crippen molar-refractivity contribution in [1.29, 1.82) is 0 Å². The molecule has 1 amide bonds. The summed E-state index contributed by atoms with van der Waals surface area (Å²) in [6.45, 7) is 0. The van der Waals surface area contributed by atoms with Crippen LogP contribution in [0.25, 0.3) is 0 Å². The van der Waals surface area contributed by atoms with E-state index < -0.39 is 11.7 Å². The van der Waals surface area contributed by atoms with Crippen LogP contribution in [0.15, 0.2) is 36.4 Å². The van der Waals surface area contributed by atoms with Gasteiger partial charge in [0, 0.05) is 25.5 Å². The number of nitrogens with one attached hydrogen (secondary N) is 1. The molecule has 6 heteroatoms. The number of hydrogen-bond acceptors (Lipinski definition) is 3. The highest BCUT2D eigenvalue weighted by Crippen LogP contribution is 2.27. The number of halogens is 2. The molecular weight excluding hydrogens is 293 g/mol. The summed E-state index contributed by atoms with van der Waals surface area (Å²) in [6, 6.07) is 8.79. The van der Waals surface area contributed by atoms with Crippen molar-refractivity contribution in [3.05, 3.63) is 52.8 Å². The molecule has 0 atom stereocenters. The van der Waals surface area contributed by atoms with E-state index in [1.54, 1.807) is 18.2 Å². The molecule has 0 aliphatic carbocycles. The fourth-order valence-electron chi connectivity index (χ4n) is 1.87. The van der Waals surface area contributed by atoms with Crippen LogP contribution >= 0.6 is 11.6 Å². The number of nitrogen functional groups attached to an aromatic ring is 1. The SMILES string of the molecule is CN(C)c1ccc(NC(=O)c2cc(F)ccc2N)cc1Cl. The van der Waals surface area contributed by atoms with E-state index >= 15 is 0 Å². The Kier molecular flexibility index (Phi) is 4.33. The number of carbonyl (C=O) groups excluding carboxylic acids is 1. The molecular formula is C15H15ClFN3O. The average Bonchev–Trinajstić information content (AvgIpc) is 2.41. The molecule has 21 heavy (non-hydrogen) atoms. The molecule has 0 spiro atoms. The normalized spacial score (nSPS) is 10.3. The third-order valence-electron chi connectivity index (χ3n) is 2.95. The van der Waals surface area contributed by atoms with E-state index in [0.717, 1.165) is 11.8 Å². The Hall–Kier alpha value is -2.27. The summed E-state index contributed by atoms with van der Waals surface area (Å²) in [7, 11) is 3.74. The molecule has 2 aromatic carbocycles. The summed E-state index contributed by atoms with van der Waals surface area (Å²) in [5.41, 5.74) is 7.32. The predicted molar refractivity (Wildman–Crippen MR) is 84.5 cm³/mol. The van der Waals surface area contributed by atoms with Gasteiger partial charge in [-0.15, -0.1) is 0 Å². The molecule has 0 radical (unpaired) electrons. The van der Waals surface area contributed by atoms with Crippen LogP contribution in [-0.2, 0) is 0 Å². The van der Waals surface area contributed by atoms with Gasteiger partial charge in [0.1, 0.15) is 5.82 Å². The maximum absolute atomic E-state index is 13.2. The van der Waals surface area contributed by atoms with E-state index in [4.69, 9.17) is 17.3 Å². The van der Waals surface area contributed by atoms with Gasteiger partial charge in [-0.1, -0.05) is 11.6 Å². The van der Waals surface area contributed by atoms with Crippen molar-refractivity contribution < 1.29 is 9.18 Å². The average molecular weight is 308 g/mol. The number of anilines is 3. The Labute approximate surface area is 127 Å². The first-order valence-electron chi connectivity index (χ1n) is 6.21. The lowest BCUT2D eigenvalue weighted by Gasteiger charge is -2.15. The van der Waals surface area contributed by atoms with Gasteiger partial charge in [-0.05, 0) is 36.4 Å². The quantitative estimate of drug-likeness (QED) is 0.855. The lowest BCUT2D eigenvalue weighted by Crippen LogP contribution is -2.15. The van der Waals surface area contributed by atoms with Crippen LogP contribution in [0, 0.1) is 5.82 Å². The van der Waals surface area contributed by atoms with Crippen LogP contribution in [0.1, 0.15) is 10.4 Å². The Morgan fingerprint density at radius 3 is 2.57 bits per heavy atom. The maximum atomic E-state index is 13.2. The molecule has 3 N–H and O–H groups in total. The highest BCUT2D eigenvalue weighted by molar-refractivity contribution is 6.33. The fourth-order valence-corrected chi connectivity index (χ4v) is 2.22. The second-order valence-electron chi connectivity index (χ2n) is 4.75. The van der Waals surface area contributed by atoms with Gasteiger partial charge in [-0.2, -0.15) is 0 Å². The molecule has 0 aromatic heterocycles. The fraction of sp³-hybridized carbons (Fsp3) is 0.133. The van der Waals surface area contributed by atoms with E-state index in [1.807, 2.05) is 19.0 Å². The van der Waals surface area contributed by atoms with Crippen molar-refractivity contribution in [2.24, 2.45) is 0 Å². The lowest BCUT2D eigenvalue weighted by atomic mass is 10.1. The Morgan fingerprint density at radius 1 is 1.24 bits per heavy atom. The second-order valence-corrected chi connectivity index (χ2v) is 5.15. The van der Waals surface area contributed by atoms with E-state index in [-0.39, 0.29) is 11.3 Å². The third kappa shape index (κ3) is 3.44. The number of benzene rings is 2. The van der Waals surface area contributed by atoms with E-state index in [9.17, 15) is 9.18 Å². The molecule has 0 aliphatic rings. The van der Waals surface area contributed by atoms with Gasteiger partial charge in [0.25, 0.3) is 5.91 Å². The largest absolute Gasteiger partial charge is 0.398 e. The summed E-state index contributed by atoms with van der Waals surface area (Å²) in [5, 5.41) is 3.15. The van der Waals surface area contributed by atoms with E-state index in [2.05, 4.69) is 5.32 Å². The van der Waals surface area contributed by atoms with E-state index in [1.165, 1.54) is 12.1 Å². The van der Waals surface area contributed by atoms with E-state index in [0.29, 0.717) is 10.7 Å². The Bertz CT molecular complexity index is 689. The zero-order chi connectivity index (χ0) is 15.6. The standard InChI is InChI=1S/C15H15ClFN3O/c1-20(2)14-6-4-10(8-12(14)16)19-15(21)11-7-9(17)3-5-13(11)18/h3-8H,18H2,1-2H3,(H,19,21). The smallest absolute Gasteiger partial charge is 0.257 e. The number of amides is 1. The van der Waals surface area contributed by atoms with Gasteiger partial charge in [-0.25, -0.2) is 4.39 Å². The minimum absolute atomic E-state index is 0.0859. The molecule has 4 nitrogen and oxygen atoms in total. The summed E-state index contributed by atoms with van der Waals surface area (Å²) >= 11 is 6.13. The molecule has 0 unspecified atom stereocenters. The molecule has 0 saturated heterocycles. The number of hydrogen-bond donors (Lipinski definition) is 2. The Balaban J connectivity index is 2.24. The molecule has 0 heterocycles.